The second-order valence-corrected chi connectivity index (χ2v) is 10.3. The first-order chi connectivity index (χ1) is 10.4. The number of nitrogens with zero attached hydrogens (tertiary/aromatic N) is 1. The van der Waals surface area contributed by atoms with Crippen LogP contribution in [0.25, 0.3) is 0 Å². The molecular formula is C16H25NO4S. The van der Waals surface area contributed by atoms with E-state index in [9.17, 15) is 13.2 Å². The summed E-state index contributed by atoms with van der Waals surface area (Å²) in [6, 6.07) is 0. The van der Waals surface area contributed by atoms with Crippen molar-refractivity contribution in [2.75, 3.05) is 32.1 Å². The van der Waals surface area contributed by atoms with Crippen LogP contribution in [0.15, 0.2) is 0 Å². The van der Waals surface area contributed by atoms with Crippen molar-refractivity contribution >= 4 is 15.7 Å². The standard InChI is InChI=1S/C16H25NO4S/c1-11-6-14(11)15(18)17-9-16(10-17)13(4-5-22(16,19)20)8-21-7-12-2-3-12/h11-14H,2-10H2,1H3/t11-,13-,14-/m1/s1. The lowest BCUT2D eigenvalue weighted by Gasteiger charge is -2.50. The average molecular weight is 327 g/mol. The molecule has 5 nitrogen and oxygen atoms in total. The van der Waals surface area contributed by atoms with E-state index in [4.69, 9.17) is 4.74 Å². The van der Waals surface area contributed by atoms with Crippen LogP contribution in [-0.2, 0) is 19.4 Å². The van der Waals surface area contributed by atoms with E-state index in [1.165, 1.54) is 12.8 Å². The quantitative estimate of drug-likeness (QED) is 0.758. The van der Waals surface area contributed by atoms with E-state index in [2.05, 4.69) is 6.92 Å². The third-order valence-electron chi connectivity index (χ3n) is 6.12. The molecule has 4 aliphatic rings. The maximum absolute atomic E-state index is 12.5. The van der Waals surface area contributed by atoms with E-state index in [1.54, 1.807) is 4.90 Å². The van der Waals surface area contributed by atoms with Gasteiger partial charge in [-0.25, -0.2) is 8.42 Å². The second-order valence-electron chi connectivity index (χ2n) is 7.86. The van der Waals surface area contributed by atoms with E-state index < -0.39 is 14.6 Å². The van der Waals surface area contributed by atoms with Crippen LogP contribution >= 0.6 is 0 Å². The van der Waals surface area contributed by atoms with Crippen LogP contribution in [0.1, 0.15) is 32.6 Å². The zero-order chi connectivity index (χ0) is 15.5. The summed E-state index contributed by atoms with van der Waals surface area (Å²) >= 11 is 0. The monoisotopic (exact) mass is 327 g/mol. The zero-order valence-electron chi connectivity index (χ0n) is 13.2. The fourth-order valence-corrected chi connectivity index (χ4v) is 6.43. The Balaban J connectivity index is 1.39. The molecule has 2 saturated carbocycles. The number of hydrogen-bond acceptors (Lipinski definition) is 4. The minimum absolute atomic E-state index is 0.0666. The molecule has 2 heterocycles. The topological polar surface area (TPSA) is 63.7 Å². The molecular weight excluding hydrogens is 302 g/mol. The lowest BCUT2D eigenvalue weighted by molar-refractivity contribution is -0.139. The van der Waals surface area contributed by atoms with Crippen molar-refractivity contribution in [1.29, 1.82) is 0 Å². The van der Waals surface area contributed by atoms with Crippen molar-refractivity contribution in [3.05, 3.63) is 0 Å². The Hall–Kier alpha value is -0.620. The molecule has 1 spiro atoms. The van der Waals surface area contributed by atoms with E-state index in [1.807, 2.05) is 0 Å². The Morgan fingerprint density at radius 2 is 1.91 bits per heavy atom. The summed E-state index contributed by atoms with van der Waals surface area (Å²) in [5, 5.41) is 0. The Morgan fingerprint density at radius 1 is 1.23 bits per heavy atom. The van der Waals surface area contributed by atoms with Gasteiger partial charge in [0.2, 0.25) is 5.91 Å². The molecule has 6 heteroatoms. The van der Waals surface area contributed by atoms with Crippen LogP contribution in [0.4, 0.5) is 0 Å². The first-order valence-electron chi connectivity index (χ1n) is 8.52. The number of rotatable bonds is 5. The van der Waals surface area contributed by atoms with E-state index in [-0.39, 0.29) is 23.5 Å². The van der Waals surface area contributed by atoms with E-state index >= 15 is 0 Å². The van der Waals surface area contributed by atoms with Crippen LogP contribution in [0.5, 0.6) is 0 Å². The maximum Gasteiger partial charge on any atom is 0.226 e. The molecule has 0 bridgehead atoms. The summed E-state index contributed by atoms with van der Waals surface area (Å²) in [6.45, 7) is 4.19. The molecule has 124 valence electrons. The van der Waals surface area contributed by atoms with Gasteiger partial charge in [-0.2, -0.15) is 0 Å². The highest BCUT2D eigenvalue weighted by molar-refractivity contribution is 7.93. The predicted octanol–water partition coefficient (Wildman–Crippen LogP) is 1.08. The third-order valence-corrected chi connectivity index (χ3v) is 8.73. The molecule has 22 heavy (non-hydrogen) atoms. The van der Waals surface area contributed by atoms with Crippen LogP contribution in [0.2, 0.25) is 0 Å². The van der Waals surface area contributed by atoms with E-state index in [0.29, 0.717) is 38.0 Å². The van der Waals surface area contributed by atoms with Gasteiger partial charge in [-0.3, -0.25) is 4.79 Å². The normalized spacial score (nSPS) is 38.0. The number of sulfone groups is 1. The van der Waals surface area contributed by atoms with Gasteiger partial charge in [0, 0.05) is 31.5 Å². The number of ether oxygens (including phenoxy) is 1. The smallest absolute Gasteiger partial charge is 0.226 e. The molecule has 0 unspecified atom stereocenters. The fraction of sp³-hybridized carbons (Fsp3) is 0.938. The van der Waals surface area contributed by atoms with Gasteiger partial charge in [0.05, 0.1) is 12.4 Å². The summed E-state index contributed by atoms with van der Waals surface area (Å²) in [7, 11) is -3.09. The first kappa shape index (κ1) is 14.9. The van der Waals surface area contributed by atoms with Gasteiger partial charge < -0.3 is 9.64 Å². The Morgan fingerprint density at radius 3 is 2.50 bits per heavy atom. The van der Waals surface area contributed by atoms with Crippen molar-refractivity contribution in [1.82, 2.24) is 4.90 Å². The maximum atomic E-state index is 12.5. The van der Waals surface area contributed by atoms with Crippen LogP contribution in [0, 0.1) is 23.7 Å². The zero-order valence-corrected chi connectivity index (χ0v) is 14.0. The molecule has 0 aromatic carbocycles. The highest BCUT2D eigenvalue weighted by atomic mass is 32.2. The summed E-state index contributed by atoms with van der Waals surface area (Å²) in [4.78, 5) is 14.0. The van der Waals surface area contributed by atoms with Crippen LogP contribution < -0.4 is 0 Å². The molecule has 2 aliphatic carbocycles. The summed E-state index contributed by atoms with van der Waals surface area (Å²) in [6.07, 6.45) is 4.14. The molecule has 0 N–H and O–H groups in total. The van der Waals surface area contributed by atoms with Gasteiger partial charge in [-0.05, 0) is 37.5 Å². The van der Waals surface area contributed by atoms with Crippen molar-refractivity contribution in [3.63, 3.8) is 0 Å². The minimum Gasteiger partial charge on any atom is -0.381 e. The molecule has 0 aromatic heterocycles. The highest BCUT2D eigenvalue weighted by Gasteiger charge is 2.63. The van der Waals surface area contributed by atoms with E-state index in [0.717, 1.165) is 13.0 Å². The summed E-state index contributed by atoms with van der Waals surface area (Å²) in [5.74, 6) is 1.80. The predicted molar refractivity (Wildman–Crippen MR) is 82.0 cm³/mol. The Bertz CT molecular complexity index is 577. The molecule has 0 radical (unpaired) electrons. The molecule has 0 aromatic rings. The molecule has 2 saturated heterocycles. The third kappa shape index (κ3) is 2.30. The average Bonchev–Trinajstić information content (AvgIpc) is 3.30. The second kappa shape index (κ2) is 4.94. The Kier molecular flexibility index (Phi) is 3.35. The molecule has 3 atom stereocenters. The molecule has 4 fully saturated rings. The molecule has 4 rings (SSSR count). The largest absolute Gasteiger partial charge is 0.381 e. The lowest BCUT2D eigenvalue weighted by atomic mass is 9.83. The summed E-state index contributed by atoms with van der Waals surface area (Å²) in [5.41, 5.74) is 0. The number of carbonyl (C=O) groups is 1. The number of likely N-dealkylation sites (tertiary alicyclic amines) is 1. The van der Waals surface area contributed by atoms with Crippen LogP contribution in [0.3, 0.4) is 0 Å². The highest BCUT2D eigenvalue weighted by Crippen LogP contribution is 2.48. The summed E-state index contributed by atoms with van der Waals surface area (Å²) < 4.78 is 30.1. The Labute approximate surface area is 132 Å². The number of hydrogen-bond donors (Lipinski definition) is 0. The first-order valence-corrected chi connectivity index (χ1v) is 10.2. The SMILES string of the molecule is C[C@@H]1C[C@H]1C(=O)N1CC2(C1)[C@@H](COCC1CC1)CCS2(=O)=O. The van der Waals surface area contributed by atoms with Gasteiger partial charge in [0.1, 0.15) is 4.75 Å². The number of carbonyl (C=O) groups excluding carboxylic acids is 1. The van der Waals surface area contributed by atoms with Gasteiger partial charge in [-0.1, -0.05) is 6.92 Å². The fourth-order valence-electron chi connectivity index (χ4n) is 4.03. The van der Waals surface area contributed by atoms with Gasteiger partial charge >= 0.3 is 0 Å². The van der Waals surface area contributed by atoms with Gasteiger partial charge in [0.25, 0.3) is 0 Å². The lowest BCUT2D eigenvalue weighted by Crippen LogP contribution is -2.69. The molecule has 2 aliphatic heterocycles. The van der Waals surface area contributed by atoms with Gasteiger partial charge in [0.15, 0.2) is 9.84 Å². The minimum atomic E-state index is -3.09. The van der Waals surface area contributed by atoms with Crippen molar-refractivity contribution in [2.45, 2.75) is 37.4 Å². The van der Waals surface area contributed by atoms with Crippen LogP contribution in [-0.4, -0.2) is 56.0 Å². The number of amides is 1. The van der Waals surface area contributed by atoms with Gasteiger partial charge in [-0.15, -0.1) is 0 Å². The molecule has 1 amide bonds. The van der Waals surface area contributed by atoms with Crippen molar-refractivity contribution < 1.29 is 17.9 Å². The van der Waals surface area contributed by atoms with Crippen molar-refractivity contribution in [3.8, 4) is 0 Å². The van der Waals surface area contributed by atoms with Crippen molar-refractivity contribution in [2.24, 2.45) is 23.7 Å².